The lowest BCUT2D eigenvalue weighted by Gasteiger charge is -2.19. The van der Waals surface area contributed by atoms with Gasteiger partial charge in [0.15, 0.2) is 0 Å². The van der Waals surface area contributed by atoms with Crippen LogP contribution >= 0.6 is 0 Å². The maximum atomic E-state index is 12.1. The summed E-state index contributed by atoms with van der Waals surface area (Å²) < 4.78 is 0. The standard InChI is InChI=1S/C17H26N2O/c1-14-8-7-9-16(15(14)2)18-17(20)10-13-19-11-5-3-4-6-12-19/h7-9H,3-6,10-13H2,1-2H3,(H,18,20). The van der Waals surface area contributed by atoms with E-state index in [1.165, 1.54) is 31.2 Å². The minimum Gasteiger partial charge on any atom is -0.326 e. The zero-order chi connectivity index (χ0) is 14.4. The first-order valence-electron chi connectivity index (χ1n) is 7.75. The summed E-state index contributed by atoms with van der Waals surface area (Å²) in [4.78, 5) is 14.5. The van der Waals surface area contributed by atoms with Crippen molar-refractivity contribution in [2.75, 3.05) is 25.0 Å². The van der Waals surface area contributed by atoms with Gasteiger partial charge in [-0.25, -0.2) is 0 Å². The molecule has 1 heterocycles. The van der Waals surface area contributed by atoms with Crippen LogP contribution in [0.5, 0.6) is 0 Å². The molecule has 0 spiro atoms. The molecule has 1 aromatic carbocycles. The van der Waals surface area contributed by atoms with Crippen LogP contribution < -0.4 is 5.32 Å². The van der Waals surface area contributed by atoms with Gasteiger partial charge in [-0.3, -0.25) is 4.79 Å². The van der Waals surface area contributed by atoms with Gasteiger partial charge in [0, 0.05) is 18.7 Å². The Labute approximate surface area is 122 Å². The fraction of sp³-hybridized carbons (Fsp3) is 0.588. The summed E-state index contributed by atoms with van der Waals surface area (Å²) in [6, 6.07) is 6.04. The molecule has 1 N–H and O–H groups in total. The van der Waals surface area contributed by atoms with E-state index in [1.54, 1.807) is 0 Å². The van der Waals surface area contributed by atoms with Crippen molar-refractivity contribution in [1.82, 2.24) is 4.90 Å². The zero-order valence-corrected chi connectivity index (χ0v) is 12.7. The lowest BCUT2D eigenvalue weighted by atomic mass is 10.1. The molecule has 110 valence electrons. The lowest BCUT2D eigenvalue weighted by Crippen LogP contribution is -2.28. The Morgan fingerprint density at radius 1 is 1.15 bits per heavy atom. The van der Waals surface area contributed by atoms with E-state index in [1.807, 2.05) is 12.1 Å². The van der Waals surface area contributed by atoms with E-state index < -0.39 is 0 Å². The molecule has 1 saturated heterocycles. The van der Waals surface area contributed by atoms with Crippen molar-refractivity contribution in [1.29, 1.82) is 0 Å². The number of rotatable bonds is 4. The number of carbonyl (C=O) groups excluding carboxylic acids is 1. The van der Waals surface area contributed by atoms with Gasteiger partial charge in [-0.15, -0.1) is 0 Å². The molecule has 0 bridgehead atoms. The van der Waals surface area contributed by atoms with Gasteiger partial charge in [-0.2, -0.15) is 0 Å². The van der Waals surface area contributed by atoms with E-state index >= 15 is 0 Å². The predicted molar refractivity (Wildman–Crippen MR) is 84.1 cm³/mol. The van der Waals surface area contributed by atoms with Crippen molar-refractivity contribution < 1.29 is 4.79 Å². The lowest BCUT2D eigenvalue weighted by molar-refractivity contribution is -0.116. The Bertz CT molecular complexity index is 448. The van der Waals surface area contributed by atoms with Gasteiger partial charge in [-0.1, -0.05) is 25.0 Å². The first kappa shape index (κ1) is 15.0. The molecule has 3 nitrogen and oxygen atoms in total. The number of likely N-dealkylation sites (tertiary alicyclic amines) is 1. The molecule has 1 fully saturated rings. The minimum absolute atomic E-state index is 0.128. The summed E-state index contributed by atoms with van der Waals surface area (Å²) in [6.45, 7) is 7.31. The molecule has 0 aromatic heterocycles. The zero-order valence-electron chi connectivity index (χ0n) is 12.7. The van der Waals surface area contributed by atoms with Gasteiger partial charge in [-0.05, 0) is 57.0 Å². The van der Waals surface area contributed by atoms with Crippen molar-refractivity contribution in [2.24, 2.45) is 0 Å². The Morgan fingerprint density at radius 2 is 1.85 bits per heavy atom. The summed E-state index contributed by atoms with van der Waals surface area (Å²) in [6.07, 6.45) is 5.82. The number of hydrogen-bond donors (Lipinski definition) is 1. The Hall–Kier alpha value is -1.35. The third-order valence-electron chi connectivity index (χ3n) is 4.23. The maximum absolute atomic E-state index is 12.1. The summed E-state index contributed by atoms with van der Waals surface area (Å²) in [5.41, 5.74) is 3.33. The van der Waals surface area contributed by atoms with Crippen molar-refractivity contribution in [3.05, 3.63) is 29.3 Å². The predicted octanol–water partition coefficient (Wildman–Crippen LogP) is 3.51. The van der Waals surface area contributed by atoms with Crippen LogP contribution in [0, 0.1) is 13.8 Å². The normalized spacial score (nSPS) is 16.7. The first-order valence-corrected chi connectivity index (χ1v) is 7.75. The highest BCUT2D eigenvalue weighted by atomic mass is 16.1. The highest BCUT2D eigenvalue weighted by Crippen LogP contribution is 2.18. The first-order chi connectivity index (χ1) is 9.66. The summed E-state index contributed by atoms with van der Waals surface area (Å²) >= 11 is 0. The third kappa shape index (κ3) is 4.34. The number of hydrogen-bond acceptors (Lipinski definition) is 2. The minimum atomic E-state index is 0.128. The molecule has 0 saturated carbocycles. The molecule has 0 aliphatic carbocycles. The van der Waals surface area contributed by atoms with Crippen LogP contribution in [0.1, 0.15) is 43.2 Å². The van der Waals surface area contributed by atoms with E-state index in [0.29, 0.717) is 6.42 Å². The SMILES string of the molecule is Cc1cccc(NC(=O)CCN2CCCCCC2)c1C. The van der Waals surface area contributed by atoms with Crippen LogP contribution in [0.3, 0.4) is 0 Å². The second-order valence-electron chi connectivity index (χ2n) is 5.80. The number of nitrogens with zero attached hydrogens (tertiary/aromatic N) is 1. The monoisotopic (exact) mass is 274 g/mol. The van der Waals surface area contributed by atoms with E-state index in [0.717, 1.165) is 30.9 Å². The van der Waals surface area contributed by atoms with Crippen molar-refractivity contribution in [3.63, 3.8) is 0 Å². The van der Waals surface area contributed by atoms with Gasteiger partial charge >= 0.3 is 0 Å². The van der Waals surface area contributed by atoms with E-state index in [9.17, 15) is 4.79 Å². The number of carbonyl (C=O) groups is 1. The number of nitrogens with one attached hydrogen (secondary N) is 1. The van der Waals surface area contributed by atoms with Crippen molar-refractivity contribution >= 4 is 11.6 Å². The maximum Gasteiger partial charge on any atom is 0.225 e. The van der Waals surface area contributed by atoms with E-state index in [2.05, 4.69) is 30.1 Å². The molecule has 1 amide bonds. The number of anilines is 1. The summed E-state index contributed by atoms with van der Waals surface area (Å²) in [5.74, 6) is 0.128. The molecule has 0 atom stereocenters. The molecule has 2 rings (SSSR count). The summed E-state index contributed by atoms with van der Waals surface area (Å²) in [7, 11) is 0. The molecule has 0 radical (unpaired) electrons. The molecule has 1 aliphatic rings. The van der Waals surface area contributed by atoms with Gasteiger partial charge in [0.25, 0.3) is 0 Å². The molecule has 3 heteroatoms. The van der Waals surface area contributed by atoms with Crippen molar-refractivity contribution in [2.45, 2.75) is 46.0 Å². The molecule has 0 unspecified atom stereocenters. The highest BCUT2D eigenvalue weighted by molar-refractivity contribution is 5.91. The molecular weight excluding hydrogens is 248 g/mol. The van der Waals surface area contributed by atoms with Crippen LogP contribution in [-0.2, 0) is 4.79 Å². The second-order valence-corrected chi connectivity index (χ2v) is 5.80. The average Bonchev–Trinajstić information content (AvgIpc) is 2.70. The smallest absolute Gasteiger partial charge is 0.225 e. The van der Waals surface area contributed by atoms with Crippen LogP contribution in [0.15, 0.2) is 18.2 Å². The average molecular weight is 274 g/mol. The Morgan fingerprint density at radius 3 is 2.55 bits per heavy atom. The van der Waals surface area contributed by atoms with Gasteiger partial charge in [0.05, 0.1) is 0 Å². The van der Waals surface area contributed by atoms with Gasteiger partial charge < -0.3 is 10.2 Å². The highest BCUT2D eigenvalue weighted by Gasteiger charge is 2.11. The van der Waals surface area contributed by atoms with Crippen LogP contribution in [0.4, 0.5) is 5.69 Å². The molecule has 1 aliphatic heterocycles. The van der Waals surface area contributed by atoms with Crippen LogP contribution in [0.25, 0.3) is 0 Å². The van der Waals surface area contributed by atoms with Crippen LogP contribution in [0.2, 0.25) is 0 Å². The van der Waals surface area contributed by atoms with Crippen molar-refractivity contribution in [3.8, 4) is 0 Å². The fourth-order valence-electron chi connectivity index (χ4n) is 2.72. The fourth-order valence-corrected chi connectivity index (χ4v) is 2.72. The van der Waals surface area contributed by atoms with E-state index in [4.69, 9.17) is 0 Å². The third-order valence-corrected chi connectivity index (χ3v) is 4.23. The second kappa shape index (κ2) is 7.44. The Kier molecular flexibility index (Phi) is 5.60. The van der Waals surface area contributed by atoms with Gasteiger partial charge in [0.2, 0.25) is 5.91 Å². The summed E-state index contributed by atoms with van der Waals surface area (Å²) in [5, 5.41) is 3.04. The molecular formula is C17H26N2O. The number of aryl methyl sites for hydroxylation is 1. The van der Waals surface area contributed by atoms with Gasteiger partial charge in [0.1, 0.15) is 0 Å². The van der Waals surface area contributed by atoms with Crippen LogP contribution in [-0.4, -0.2) is 30.4 Å². The molecule has 1 aromatic rings. The number of amides is 1. The Balaban J connectivity index is 1.81. The number of benzene rings is 1. The topological polar surface area (TPSA) is 32.3 Å². The quantitative estimate of drug-likeness (QED) is 0.911. The van der Waals surface area contributed by atoms with E-state index in [-0.39, 0.29) is 5.91 Å². The largest absolute Gasteiger partial charge is 0.326 e. The molecule has 20 heavy (non-hydrogen) atoms.